The number of fused-ring (bicyclic) bond motifs is 1. The smallest absolute Gasteiger partial charge is 0.308 e. The van der Waals surface area contributed by atoms with Crippen LogP contribution in [0.5, 0.6) is 11.5 Å². The van der Waals surface area contributed by atoms with Gasteiger partial charge in [0.15, 0.2) is 0 Å². The van der Waals surface area contributed by atoms with Gasteiger partial charge in [0.2, 0.25) is 0 Å². The summed E-state index contributed by atoms with van der Waals surface area (Å²) in [6.07, 6.45) is 12.6. The number of ether oxygens (including phenoxy) is 3. The van der Waals surface area contributed by atoms with Crippen LogP contribution in [0.3, 0.4) is 0 Å². The Morgan fingerprint density at radius 2 is 1.78 bits per heavy atom. The largest absolute Gasteiger partial charge is 0.487 e. The highest BCUT2D eigenvalue weighted by molar-refractivity contribution is 5.72. The minimum atomic E-state index is -0.277. The van der Waals surface area contributed by atoms with Crippen molar-refractivity contribution in [2.75, 3.05) is 7.11 Å². The molecule has 3 atom stereocenters. The SMILES string of the molecule is COC(C/C(C)=C/CCC1(C)CCc2c(C)c(OC(C)=O)c(C)c(C)c2O1)CC(C)CCCC(C)C. The van der Waals surface area contributed by atoms with Gasteiger partial charge in [-0.25, -0.2) is 0 Å². The molecule has 0 spiro atoms. The highest BCUT2D eigenvalue weighted by atomic mass is 16.5. The first-order valence-corrected chi connectivity index (χ1v) is 14.0. The van der Waals surface area contributed by atoms with Gasteiger partial charge in [0.25, 0.3) is 0 Å². The van der Waals surface area contributed by atoms with Crippen LogP contribution in [0.2, 0.25) is 0 Å². The molecule has 1 aliphatic rings. The zero-order valence-electron chi connectivity index (χ0n) is 24.8. The van der Waals surface area contributed by atoms with Gasteiger partial charge >= 0.3 is 5.97 Å². The van der Waals surface area contributed by atoms with Gasteiger partial charge in [0.1, 0.15) is 17.1 Å². The van der Waals surface area contributed by atoms with Crippen molar-refractivity contribution in [3.8, 4) is 11.5 Å². The number of esters is 1. The maximum atomic E-state index is 11.6. The highest BCUT2D eigenvalue weighted by Crippen LogP contribution is 2.44. The molecule has 1 aromatic rings. The fourth-order valence-corrected chi connectivity index (χ4v) is 5.52. The van der Waals surface area contributed by atoms with Crippen LogP contribution in [0, 0.1) is 32.6 Å². The summed E-state index contributed by atoms with van der Waals surface area (Å²) in [4.78, 5) is 11.6. The minimum Gasteiger partial charge on any atom is -0.487 e. The molecule has 36 heavy (non-hydrogen) atoms. The van der Waals surface area contributed by atoms with Crippen LogP contribution < -0.4 is 9.47 Å². The molecular formula is C32H52O4. The highest BCUT2D eigenvalue weighted by Gasteiger charge is 2.34. The van der Waals surface area contributed by atoms with E-state index in [0.29, 0.717) is 17.8 Å². The average molecular weight is 501 g/mol. The molecule has 204 valence electrons. The first-order chi connectivity index (χ1) is 16.9. The number of carbonyl (C=O) groups excluding carboxylic acids is 1. The van der Waals surface area contributed by atoms with Crippen LogP contribution in [-0.4, -0.2) is 24.8 Å². The van der Waals surface area contributed by atoms with E-state index in [9.17, 15) is 4.79 Å². The first kappa shape index (κ1) is 30.4. The van der Waals surface area contributed by atoms with Crippen molar-refractivity contribution in [2.45, 2.75) is 132 Å². The van der Waals surface area contributed by atoms with Gasteiger partial charge in [0, 0.05) is 19.6 Å². The second-order valence-corrected chi connectivity index (χ2v) is 12.0. The lowest BCUT2D eigenvalue weighted by atomic mass is 9.84. The first-order valence-electron chi connectivity index (χ1n) is 14.0. The normalized spacial score (nSPS) is 19.6. The summed E-state index contributed by atoms with van der Waals surface area (Å²) in [7, 11) is 1.85. The number of allylic oxidation sites excluding steroid dienone is 1. The number of hydrogen-bond acceptors (Lipinski definition) is 4. The van der Waals surface area contributed by atoms with Crippen LogP contribution in [0.15, 0.2) is 11.6 Å². The van der Waals surface area contributed by atoms with Gasteiger partial charge < -0.3 is 14.2 Å². The molecule has 4 heteroatoms. The zero-order chi connectivity index (χ0) is 27.0. The van der Waals surface area contributed by atoms with Crippen molar-refractivity contribution < 1.29 is 19.0 Å². The monoisotopic (exact) mass is 500 g/mol. The van der Waals surface area contributed by atoms with E-state index < -0.39 is 0 Å². The van der Waals surface area contributed by atoms with E-state index in [1.165, 1.54) is 37.3 Å². The molecule has 0 fully saturated rings. The van der Waals surface area contributed by atoms with Gasteiger partial charge in [-0.15, -0.1) is 0 Å². The predicted octanol–water partition coefficient (Wildman–Crippen LogP) is 8.60. The second-order valence-electron chi connectivity index (χ2n) is 12.0. The van der Waals surface area contributed by atoms with Crippen molar-refractivity contribution in [3.05, 3.63) is 33.9 Å². The Kier molecular flexibility index (Phi) is 11.5. The summed E-state index contributed by atoms with van der Waals surface area (Å²) in [6, 6.07) is 0. The number of carbonyl (C=O) groups is 1. The van der Waals surface area contributed by atoms with Crippen molar-refractivity contribution in [1.82, 2.24) is 0 Å². The van der Waals surface area contributed by atoms with Crippen molar-refractivity contribution in [3.63, 3.8) is 0 Å². The van der Waals surface area contributed by atoms with Gasteiger partial charge in [-0.2, -0.15) is 0 Å². The molecule has 0 saturated carbocycles. The molecule has 0 amide bonds. The molecule has 2 rings (SSSR count). The fraction of sp³-hybridized carbons (Fsp3) is 0.719. The van der Waals surface area contributed by atoms with E-state index >= 15 is 0 Å². The third kappa shape index (κ3) is 8.64. The third-order valence-electron chi connectivity index (χ3n) is 8.00. The number of benzene rings is 1. The molecule has 1 aliphatic heterocycles. The molecule has 4 nitrogen and oxygen atoms in total. The van der Waals surface area contributed by atoms with E-state index in [2.05, 4.69) is 47.6 Å². The number of methoxy groups -OCH3 is 1. The topological polar surface area (TPSA) is 44.8 Å². The molecule has 1 heterocycles. The third-order valence-corrected chi connectivity index (χ3v) is 8.00. The molecule has 0 N–H and O–H groups in total. The Labute approximate surface area is 221 Å². The zero-order valence-corrected chi connectivity index (χ0v) is 24.8. The molecule has 0 bridgehead atoms. The lowest BCUT2D eigenvalue weighted by Gasteiger charge is -2.38. The average Bonchev–Trinajstić information content (AvgIpc) is 2.79. The summed E-state index contributed by atoms with van der Waals surface area (Å²) in [5.41, 5.74) is 5.50. The van der Waals surface area contributed by atoms with Crippen LogP contribution >= 0.6 is 0 Å². The Morgan fingerprint density at radius 3 is 2.39 bits per heavy atom. The van der Waals surface area contributed by atoms with Crippen molar-refractivity contribution >= 4 is 5.97 Å². The van der Waals surface area contributed by atoms with Gasteiger partial charge in [-0.1, -0.05) is 51.7 Å². The Bertz CT molecular complexity index is 913. The molecule has 0 saturated heterocycles. The van der Waals surface area contributed by atoms with Gasteiger partial charge in [-0.05, 0) is 102 Å². The van der Waals surface area contributed by atoms with Crippen LogP contribution in [-0.2, 0) is 16.0 Å². The van der Waals surface area contributed by atoms with Crippen molar-refractivity contribution in [2.24, 2.45) is 11.8 Å². The Balaban J connectivity index is 1.96. The van der Waals surface area contributed by atoms with E-state index in [4.69, 9.17) is 14.2 Å². The van der Waals surface area contributed by atoms with Crippen LogP contribution in [0.4, 0.5) is 0 Å². The molecule has 1 aromatic carbocycles. The van der Waals surface area contributed by atoms with E-state index in [1.807, 2.05) is 21.0 Å². The summed E-state index contributed by atoms with van der Waals surface area (Å²) < 4.78 is 18.1. The minimum absolute atomic E-state index is 0.193. The van der Waals surface area contributed by atoms with Crippen LogP contribution in [0.25, 0.3) is 0 Å². The standard InChI is InChI=1S/C32H52O4/c1-21(2)13-11-14-22(3)19-28(34-10)20-23(4)15-12-17-32(9)18-16-29-26(7)30(35-27(8)33)24(5)25(6)31(29)36-32/h15,21-22,28H,11-14,16-20H2,1-10H3/b23-15+. The van der Waals surface area contributed by atoms with E-state index in [0.717, 1.165) is 66.9 Å². The lowest BCUT2D eigenvalue weighted by molar-refractivity contribution is -0.132. The van der Waals surface area contributed by atoms with Gasteiger partial charge in [-0.3, -0.25) is 4.79 Å². The van der Waals surface area contributed by atoms with Crippen molar-refractivity contribution in [1.29, 1.82) is 0 Å². The predicted molar refractivity (Wildman–Crippen MR) is 150 cm³/mol. The number of hydrogen-bond donors (Lipinski definition) is 0. The number of rotatable bonds is 13. The Hall–Kier alpha value is -1.81. The van der Waals surface area contributed by atoms with E-state index in [1.54, 1.807) is 0 Å². The van der Waals surface area contributed by atoms with Crippen LogP contribution in [0.1, 0.15) is 115 Å². The summed E-state index contributed by atoms with van der Waals surface area (Å²) in [5, 5.41) is 0. The molecule has 3 unspecified atom stereocenters. The molecule has 0 aliphatic carbocycles. The molecular weight excluding hydrogens is 448 g/mol. The quantitative estimate of drug-likeness (QED) is 0.154. The van der Waals surface area contributed by atoms with E-state index in [-0.39, 0.29) is 11.6 Å². The Morgan fingerprint density at radius 1 is 1.08 bits per heavy atom. The summed E-state index contributed by atoms with van der Waals surface area (Å²) in [6.45, 7) is 19.0. The summed E-state index contributed by atoms with van der Waals surface area (Å²) in [5.74, 6) is 2.90. The molecule has 0 radical (unpaired) electrons. The molecule has 0 aromatic heterocycles. The second kappa shape index (κ2) is 13.7. The van der Waals surface area contributed by atoms with Gasteiger partial charge in [0.05, 0.1) is 6.10 Å². The lowest BCUT2D eigenvalue weighted by Crippen LogP contribution is -2.37. The maximum absolute atomic E-state index is 11.6. The fourth-order valence-electron chi connectivity index (χ4n) is 5.52. The summed E-state index contributed by atoms with van der Waals surface area (Å²) >= 11 is 0. The maximum Gasteiger partial charge on any atom is 0.308 e.